The SMILES string of the molecule is CCOC(=O)C1CCC(c2cccc3ccccc23)CC1=O. The second kappa shape index (κ2) is 6.30. The van der Waals surface area contributed by atoms with Crippen molar-refractivity contribution in [3.63, 3.8) is 0 Å². The standard InChI is InChI=1S/C19H20O3/c1-2-22-19(21)17-11-10-14(12-18(17)20)16-9-5-7-13-6-3-4-8-15(13)16/h3-9,14,17H,2,10-12H2,1H3. The molecule has 114 valence electrons. The smallest absolute Gasteiger partial charge is 0.316 e. The van der Waals surface area contributed by atoms with Crippen LogP contribution in [0.2, 0.25) is 0 Å². The van der Waals surface area contributed by atoms with E-state index in [1.165, 1.54) is 16.3 Å². The lowest BCUT2D eigenvalue weighted by atomic mass is 9.76. The van der Waals surface area contributed by atoms with Crippen LogP contribution in [0.4, 0.5) is 0 Å². The number of carbonyl (C=O) groups excluding carboxylic acids is 2. The number of rotatable bonds is 3. The van der Waals surface area contributed by atoms with Crippen molar-refractivity contribution in [1.82, 2.24) is 0 Å². The van der Waals surface area contributed by atoms with E-state index in [-0.39, 0.29) is 17.7 Å². The second-order valence-electron chi connectivity index (χ2n) is 5.82. The van der Waals surface area contributed by atoms with Crippen LogP contribution in [-0.4, -0.2) is 18.4 Å². The quantitative estimate of drug-likeness (QED) is 0.638. The van der Waals surface area contributed by atoms with Crippen LogP contribution in [0.15, 0.2) is 42.5 Å². The van der Waals surface area contributed by atoms with Crippen molar-refractivity contribution >= 4 is 22.5 Å². The van der Waals surface area contributed by atoms with E-state index in [0.29, 0.717) is 19.4 Å². The number of fused-ring (bicyclic) bond motifs is 1. The molecule has 1 fully saturated rings. The maximum Gasteiger partial charge on any atom is 0.316 e. The summed E-state index contributed by atoms with van der Waals surface area (Å²) in [6, 6.07) is 14.5. The Morgan fingerprint density at radius 1 is 1.14 bits per heavy atom. The van der Waals surface area contributed by atoms with Gasteiger partial charge in [0, 0.05) is 6.42 Å². The molecule has 0 amide bonds. The van der Waals surface area contributed by atoms with Crippen LogP contribution >= 0.6 is 0 Å². The van der Waals surface area contributed by atoms with Gasteiger partial charge in [0.05, 0.1) is 6.61 Å². The number of Topliss-reactive ketones (excluding diaryl/α,β-unsaturated/α-hetero) is 1. The molecule has 0 bridgehead atoms. The van der Waals surface area contributed by atoms with Crippen molar-refractivity contribution in [2.45, 2.75) is 32.1 Å². The van der Waals surface area contributed by atoms with Gasteiger partial charge in [0.25, 0.3) is 0 Å². The Bertz CT molecular complexity index is 699. The van der Waals surface area contributed by atoms with Gasteiger partial charge in [-0.2, -0.15) is 0 Å². The molecule has 3 rings (SSSR count). The molecule has 2 unspecified atom stereocenters. The normalized spacial score (nSPS) is 21.8. The predicted molar refractivity (Wildman–Crippen MR) is 85.7 cm³/mol. The summed E-state index contributed by atoms with van der Waals surface area (Å²) in [6.07, 6.45) is 1.87. The first-order chi connectivity index (χ1) is 10.7. The lowest BCUT2D eigenvalue weighted by molar-refractivity contribution is -0.152. The molecule has 1 aliphatic carbocycles. The molecule has 1 aliphatic rings. The summed E-state index contributed by atoms with van der Waals surface area (Å²) < 4.78 is 5.00. The van der Waals surface area contributed by atoms with Crippen LogP contribution in [0, 0.1) is 5.92 Å². The Kier molecular flexibility index (Phi) is 4.23. The first-order valence-corrected chi connectivity index (χ1v) is 7.87. The van der Waals surface area contributed by atoms with E-state index in [4.69, 9.17) is 4.74 Å². The zero-order valence-corrected chi connectivity index (χ0v) is 12.7. The third-order valence-electron chi connectivity index (χ3n) is 4.47. The topological polar surface area (TPSA) is 43.4 Å². The van der Waals surface area contributed by atoms with Crippen molar-refractivity contribution in [3.8, 4) is 0 Å². The van der Waals surface area contributed by atoms with Gasteiger partial charge < -0.3 is 4.74 Å². The molecule has 2 aromatic rings. The molecule has 2 aromatic carbocycles. The van der Waals surface area contributed by atoms with E-state index in [1.54, 1.807) is 6.92 Å². The summed E-state index contributed by atoms with van der Waals surface area (Å²) in [6.45, 7) is 2.10. The Morgan fingerprint density at radius 3 is 2.68 bits per heavy atom. The molecule has 22 heavy (non-hydrogen) atoms. The van der Waals surface area contributed by atoms with E-state index in [1.807, 2.05) is 18.2 Å². The highest BCUT2D eigenvalue weighted by atomic mass is 16.5. The van der Waals surface area contributed by atoms with Gasteiger partial charge >= 0.3 is 5.97 Å². The Hall–Kier alpha value is -2.16. The maximum atomic E-state index is 12.3. The number of hydrogen-bond donors (Lipinski definition) is 0. The fourth-order valence-corrected chi connectivity index (χ4v) is 3.38. The summed E-state index contributed by atoms with van der Waals surface area (Å²) in [5, 5.41) is 2.40. The van der Waals surface area contributed by atoms with Gasteiger partial charge in [0.2, 0.25) is 0 Å². The van der Waals surface area contributed by atoms with Crippen LogP contribution in [0.1, 0.15) is 37.7 Å². The highest BCUT2D eigenvalue weighted by Crippen LogP contribution is 2.37. The first kappa shape index (κ1) is 14.8. The number of benzene rings is 2. The monoisotopic (exact) mass is 296 g/mol. The van der Waals surface area contributed by atoms with Gasteiger partial charge in [-0.3, -0.25) is 9.59 Å². The predicted octanol–water partition coefficient (Wildman–Crippen LogP) is 3.86. The molecule has 0 N–H and O–H groups in total. The number of esters is 1. The molecule has 1 saturated carbocycles. The molecule has 0 spiro atoms. The minimum Gasteiger partial charge on any atom is -0.465 e. The summed E-state index contributed by atoms with van der Waals surface area (Å²) in [4.78, 5) is 24.2. The largest absolute Gasteiger partial charge is 0.465 e. The van der Waals surface area contributed by atoms with Gasteiger partial charge in [-0.15, -0.1) is 0 Å². The molecule has 0 radical (unpaired) electrons. The van der Waals surface area contributed by atoms with Crippen LogP contribution in [0.25, 0.3) is 10.8 Å². The number of ether oxygens (including phenoxy) is 1. The van der Waals surface area contributed by atoms with Crippen molar-refractivity contribution in [1.29, 1.82) is 0 Å². The molecule has 2 atom stereocenters. The third kappa shape index (κ3) is 2.76. The molecule has 0 aliphatic heterocycles. The molecule has 0 aromatic heterocycles. The minimum atomic E-state index is -0.564. The van der Waals surface area contributed by atoms with Gasteiger partial charge in [-0.25, -0.2) is 0 Å². The van der Waals surface area contributed by atoms with Crippen LogP contribution < -0.4 is 0 Å². The summed E-state index contributed by atoms with van der Waals surface area (Å²) in [7, 11) is 0. The Balaban J connectivity index is 1.83. The molecule has 0 saturated heterocycles. The molecular formula is C19H20O3. The molecule has 0 heterocycles. The summed E-state index contributed by atoms with van der Waals surface area (Å²) >= 11 is 0. The number of ketones is 1. The average molecular weight is 296 g/mol. The zero-order valence-electron chi connectivity index (χ0n) is 12.7. The summed E-state index contributed by atoms with van der Waals surface area (Å²) in [5.74, 6) is -0.707. The van der Waals surface area contributed by atoms with Gasteiger partial charge in [-0.05, 0) is 42.0 Å². The van der Waals surface area contributed by atoms with Crippen molar-refractivity contribution < 1.29 is 14.3 Å². The van der Waals surface area contributed by atoms with E-state index >= 15 is 0 Å². The fraction of sp³-hybridized carbons (Fsp3) is 0.368. The Morgan fingerprint density at radius 2 is 1.91 bits per heavy atom. The average Bonchev–Trinajstić information content (AvgIpc) is 2.54. The van der Waals surface area contributed by atoms with Crippen LogP contribution in [-0.2, 0) is 14.3 Å². The lowest BCUT2D eigenvalue weighted by Crippen LogP contribution is -2.31. The van der Waals surface area contributed by atoms with Crippen LogP contribution in [0.3, 0.4) is 0 Å². The summed E-state index contributed by atoms with van der Waals surface area (Å²) in [5.41, 5.74) is 1.22. The molecule has 3 heteroatoms. The number of carbonyl (C=O) groups is 2. The van der Waals surface area contributed by atoms with Crippen molar-refractivity contribution in [3.05, 3.63) is 48.0 Å². The Labute approximate surface area is 130 Å². The minimum absolute atomic E-state index is 0.0163. The van der Waals surface area contributed by atoms with Gasteiger partial charge in [0.15, 0.2) is 0 Å². The van der Waals surface area contributed by atoms with Crippen LogP contribution in [0.5, 0.6) is 0 Å². The zero-order chi connectivity index (χ0) is 15.5. The van der Waals surface area contributed by atoms with Gasteiger partial charge in [0.1, 0.15) is 11.7 Å². The third-order valence-corrected chi connectivity index (χ3v) is 4.47. The van der Waals surface area contributed by atoms with E-state index in [0.717, 1.165) is 6.42 Å². The van der Waals surface area contributed by atoms with Gasteiger partial charge in [-0.1, -0.05) is 42.5 Å². The van der Waals surface area contributed by atoms with E-state index < -0.39 is 5.92 Å². The highest BCUT2D eigenvalue weighted by Gasteiger charge is 2.35. The van der Waals surface area contributed by atoms with Crippen molar-refractivity contribution in [2.75, 3.05) is 6.61 Å². The fourth-order valence-electron chi connectivity index (χ4n) is 3.38. The molecular weight excluding hydrogens is 276 g/mol. The molecule has 3 nitrogen and oxygen atoms in total. The highest BCUT2D eigenvalue weighted by molar-refractivity contribution is 6.00. The first-order valence-electron chi connectivity index (χ1n) is 7.87. The van der Waals surface area contributed by atoms with Crippen molar-refractivity contribution in [2.24, 2.45) is 5.92 Å². The number of hydrogen-bond acceptors (Lipinski definition) is 3. The van der Waals surface area contributed by atoms with E-state index in [9.17, 15) is 9.59 Å². The maximum absolute atomic E-state index is 12.3. The lowest BCUT2D eigenvalue weighted by Gasteiger charge is -2.27. The second-order valence-corrected chi connectivity index (χ2v) is 5.82. The van der Waals surface area contributed by atoms with E-state index in [2.05, 4.69) is 24.3 Å².